The first kappa shape index (κ1) is 14.3. The molecule has 1 aliphatic carbocycles. The highest BCUT2D eigenvalue weighted by atomic mass is 16.3. The van der Waals surface area contributed by atoms with Gasteiger partial charge in [0.05, 0.1) is 18.3 Å². The molecule has 4 nitrogen and oxygen atoms in total. The average Bonchev–Trinajstić information content (AvgIpc) is 3.04. The molecule has 4 rings (SSSR count). The van der Waals surface area contributed by atoms with Gasteiger partial charge < -0.3 is 14.8 Å². The van der Waals surface area contributed by atoms with Gasteiger partial charge in [-0.1, -0.05) is 26.0 Å². The van der Waals surface area contributed by atoms with Crippen molar-refractivity contribution in [2.45, 2.75) is 38.3 Å². The first-order valence-corrected chi connectivity index (χ1v) is 8.02. The molecule has 4 heteroatoms. The number of imidazole rings is 1. The highest BCUT2D eigenvalue weighted by molar-refractivity contribution is 5.53. The summed E-state index contributed by atoms with van der Waals surface area (Å²) in [5, 5.41) is 13.7. The second kappa shape index (κ2) is 5.10. The summed E-state index contributed by atoms with van der Waals surface area (Å²) < 4.78 is 2.02. The zero-order chi connectivity index (χ0) is 16.0. The van der Waals surface area contributed by atoms with Gasteiger partial charge in [-0.05, 0) is 47.2 Å². The van der Waals surface area contributed by atoms with E-state index < -0.39 is 0 Å². The molecule has 0 aliphatic heterocycles. The maximum absolute atomic E-state index is 10.3. The predicted octanol–water partition coefficient (Wildman–Crippen LogP) is 3.66. The van der Waals surface area contributed by atoms with E-state index in [1.807, 2.05) is 35.0 Å². The molecule has 3 aromatic rings. The number of anilines is 1. The SMILES string of the molecule is CC1(C)C[C@H](O)c2cc(NCc3cn4ccccc4n3)ccc21. The summed E-state index contributed by atoms with van der Waals surface area (Å²) in [4.78, 5) is 4.59. The molecule has 0 saturated heterocycles. The number of rotatable bonds is 3. The van der Waals surface area contributed by atoms with Crippen molar-refractivity contribution >= 4 is 11.3 Å². The van der Waals surface area contributed by atoms with Crippen molar-refractivity contribution < 1.29 is 5.11 Å². The number of aromatic nitrogens is 2. The summed E-state index contributed by atoms with van der Waals surface area (Å²) >= 11 is 0. The number of fused-ring (bicyclic) bond motifs is 2. The number of pyridine rings is 1. The van der Waals surface area contributed by atoms with Crippen LogP contribution in [0.25, 0.3) is 5.65 Å². The fraction of sp³-hybridized carbons (Fsp3) is 0.316. The van der Waals surface area contributed by atoms with E-state index in [1.165, 1.54) is 5.56 Å². The van der Waals surface area contributed by atoms with Gasteiger partial charge in [0.15, 0.2) is 0 Å². The summed E-state index contributed by atoms with van der Waals surface area (Å²) in [7, 11) is 0. The number of aliphatic hydroxyl groups excluding tert-OH is 1. The summed E-state index contributed by atoms with van der Waals surface area (Å²) in [5.41, 5.74) is 5.33. The fourth-order valence-electron chi connectivity index (χ4n) is 3.53. The quantitative estimate of drug-likeness (QED) is 0.776. The number of hydrogen-bond donors (Lipinski definition) is 2. The van der Waals surface area contributed by atoms with Crippen LogP contribution >= 0.6 is 0 Å². The van der Waals surface area contributed by atoms with E-state index in [4.69, 9.17) is 0 Å². The van der Waals surface area contributed by atoms with Gasteiger partial charge >= 0.3 is 0 Å². The molecule has 1 aromatic carbocycles. The van der Waals surface area contributed by atoms with Crippen LogP contribution in [0.3, 0.4) is 0 Å². The van der Waals surface area contributed by atoms with Gasteiger partial charge in [0.1, 0.15) is 5.65 Å². The van der Waals surface area contributed by atoms with Gasteiger partial charge in [-0.2, -0.15) is 0 Å². The molecule has 1 aliphatic rings. The van der Waals surface area contributed by atoms with Gasteiger partial charge in [0, 0.05) is 18.1 Å². The molecule has 1 atom stereocenters. The standard InChI is InChI=1S/C19H21N3O/c1-19(2)10-17(23)15-9-13(6-7-16(15)19)20-11-14-12-22-8-4-3-5-18(22)21-14/h3-9,12,17,20,23H,10-11H2,1-2H3/t17-/m0/s1. The van der Waals surface area contributed by atoms with Crippen molar-refractivity contribution in [1.29, 1.82) is 0 Å². The normalized spacial score (nSPS) is 19.0. The van der Waals surface area contributed by atoms with Crippen LogP contribution in [-0.2, 0) is 12.0 Å². The first-order chi connectivity index (χ1) is 11.0. The molecule has 2 heterocycles. The largest absolute Gasteiger partial charge is 0.388 e. The van der Waals surface area contributed by atoms with Crippen LogP contribution in [0, 0.1) is 0 Å². The lowest BCUT2D eigenvalue weighted by Gasteiger charge is -2.18. The van der Waals surface area contributed by atoms with Gasteiger partial charge in [-0.3, -0.25) is 0 Å². The molecule has 118 valence electrons. The third-order valence-corrected chi connectivity index (χ3v) is 4.73. The monoisotopic (exact) mass is 307 g/mol. The van der Waals surface area contributed by atoms with Crippen molar-refractivity contribution in [3.63, 3.8) is 0 Å². The Bertz CT molecular complexity index is 833. The number of hydrogen-bond acceptors (Lipinski definition) is 3. The van der Waals surface area contributed by atoms with Crippen molar-refractivity contribution in [2.75, 3.05) is 5.32 Å². The lowest BCUT2D eigenvalue weighted by molar-refractivity contribution is 0.161. The Morgan fingerprint density at radius 3 is 3.00 bits per heavy atom. The molecule has 0 saturated carbocycles. The summed E-state index contributed by atoms with van der Waals surface area (Å²) in [6.07, 6.45) is 4.46. The Hall–Kier alpha value is -2.33. The van der Waals surface area contributed by atoms with Crippen molar-refractivity contribution in [3.05, 3.63) is 65.6 Å². The van der Waals surface area contributed by atoms with E-state index in [9.17, 15) is 5.11 Å². The Balaban J connectivity index is 1.55. The molecule has 0 unspecified atom stereocenters. The van der Waals surface area contributed by atoms with Crippen LogP contribution in [0.2, 0.25) is 0 Å². The van der Waals surface area contributed by atoms with Gasteiger partial charge in [-0.25, -0.2) is 4.98 Å². The lowest BCUT2D eigenvalue weighted by atomic mass is 9.86. The minimum atomic E-state index is -0.364. The molecule has 0 fully saturated rings. The summed E-state index contributed by atoms with van der Waals surface area (Å²) in [6, 6.07) is 12.3. The maximum atomic E-state index is 10.3. The van der Waals surface area contributed by atoms with E-state index in [0.717, 1.165) is 29.0 Å². The van der Waals surface area contributed by atoms with Crippen LogP contribution in [0.15, 0.2) is 48.8 Å². The maximum Gasteiger partial charge on any atom is 0.137 e. The topological polar surface area (TPSA) is 49.6 Å². The zero-order valence-corrected chi connectivity index (χ0v) is 13.5. The molecule has 0 spiro atoms. The number of nitrogens with one attached hydrogen (secondary N) is 1. The van der Waals surface area contributed by atoms with E-state index in [2.05, 4.69) is 42.3 Å². The van der Waals surface area contributed by atoms with Crippen LogP contribution < -0.4 is 5.32 Å². The predicted molar refractivity (Wildman–Crippen MR) is 91.6 cm³/mol. The molecule has 2 N–H and O–H groups in total. The smallest absolute Gasteiger partial charge is 0.137 e. The van der Waals surface area contributed by atoms with Crippen LogP contribution in [0.1, 0.15) is 43.2 Å². The molecule has 0 amide bonds. The minimum absolute atomic E-state index is 0.0505. The van der Waals surface area contributed by atoms with Crippen LogP contribution in [-0.4, -0.2) is 14.5 Å². The molecule has 2 aromatic heterocycles. The second-order valence-electron chi connectivity index (χ2n) is 6.96. The fourth-order valence-corrected chi connectivity index (χ4v) is 3.53. The molecule has 23 heavy (non-hydrogen) atoms. The summed E-state index contributed by atoms with van der Waals surface area (Å²) in [6.45, 7) is 5.04. The van der Waals surface area contributed by atoms with Gasteiger partial charge in [0.25, 0.3) is 0 Å². The molecule has 0 bridgehead atoms. The van der Waals surface area contributed by atoms with E-state index in [-0.39, 0.29) is 11.5 Å². The second-order valence-corrected chi connectivity index (χ2v) is 6.96. The highest BCUT2D eigenvalue weighted by Gasteiger charge is 2.35. The van der Waals surface area contributed by atoms with Crippen LogP contribution in [0.5, 0.6) is 0 Å². The number of benzene rings is 1. The van der Waals surface area contributed by atoms with Gasteiger partial charge in [-0.15, -0.1) is 0 Å². The summed E-state index contributed by atoms with van der Waals surface area (Å²) in [5.74, 6) is 0. The number of aliphatic hydroxyl groups is 1. The average molecular weight is 307 g/mol. The third kappa shape index (κ3) is 2.49. The Kier molecular flexibility index (Phi) is 3.16. The Labute approximate surface area is 135 Å². The Morgan fingerprint density at radius 2 is 2.17 bits per heavy atom. The van der Waals surface area contributed by atoms with Crippen molar-refractivity contribution in [3.8, 4) is 0 Å². The molecular formula is C19H21N3O. The van der Waals surface area contributed by atoms with Crippen molar-refractivity contribution in [1.82, 2.24) is 9.38 Å². The highest BCUT2D eigenvalue weighted by Crippen LogP contribution is 2.45. The molecule has 0 radical (unpaired) electrons. The van der Waals surface area contributed by atoms with Crippen LogP contribution in [0.4, 0.5) is 5.69 Å². The van der Waals surface area contributed by atoms with E-state index in [1.54, 1.807) is 0 Å². The van der Waals surface area contributed by atoms with E-state index >= 15 is 0 Å². The molecular weight excluding hydrogens is 286 g/mol. The van der Waals surface area contributed by atoms with E-state index in [0.29, 0.717) is 6.54 Å². The Morgan fingerprint density at radius 1 is 1.30 bits per heavy atom. The number of nitrogens with zero attached hydrogens (tertiary/aromatic N) is 2. The first-order valence-electron chi connectivity index (χ1n) is 8.02. The minimum Gasteiger partial charge on any atom is -0.388 e. The third-order valence-electron chi connectivity index (χ3n) is 4.73. The van der Waals surface area contributed by atoms with Crippen molar-refractivity contribution in [2.24, 2.45) is 0 Å². The van der Waals surface area contributed by atoms with Gasteiger partial charge in [0.2, 0.25) is 0 Å². The lowest BCUT2D eigenvalue weighted by Crippen LogP contribution is -2.12. The zero-order valence-electron chi connectivity index (χ0n) is 13.5.